The number of fused-ring (bicyclic) bond motifs is 9. The second-order valence-corrected chi connectivity index (χ2v) is 13.3. The summed E-state index contributed by atoms with van der Waals surface area (Å²) in [5.74, 6) is 0. The molecule has 236 valence electrons. The molecule has 0 aliphatic heterocycles. The third-order valence-electron chi connectivity index (χ3n) is 10.0. The molecule has 0 fully saturated rings. The Labute approximate surface area is 289 Å². The molecule has 50 heavy (non-hydrogen) atoms. The summed E-state index contributed by atoms with van der Waals surface area (Å²) in [5.41, 5.74) is 15.3. The summed E-state index contributed by atoms with van der Waals surface area (Å²) in [6.07, 6.45) is 0. The van der Waals surface area contributed by atoms with Gasteiger partial charge in [0.2, 0.25) is 0 Å². The van der Waals surface area contributed by atoms with Gasteiger partial charge in [0.15, 0.2) is 0 Å². The van der Waals surface area contributed by atoms with E-state index in [1.54, 1.807) is 0 Å². The Kier molecular flexibility index (Phi) is 6.31. The van der Waals surface area contributed by atoms with Crippen LogP contribution in [0, 0.1) is 13.8 Å². The minimum absolute atomic E-state index is 0.922. The van der Waals surface area contributed by atoms with Gasteiger partial charge in [0.25, 0.3) is 0 Å². The normalized spacial score (nSPS) is 11.8. The Morgan fingerprint density at radius 3 is 1.96 bits per heavy atom. The lowest BCUT2D eigenvalue weighted by Crippen LogP contribution is -1.95. The molecule has 10 rings (SSSR count). The second-order valence-electron chi connectivity index (χ2n) is 13.3. The first-order valence-electron chi connectivity index (χ1n) is 17.1. The molecule has 0 amide bonds. The van der Waals surface area contributed by atoms with E-state index >= 15 is 0 Å². The minimum Gasteiger partial charge on any atom is -0.455 e. The average molecular weight is 641 g/mol. The molecule has 0 saturated carbocycles. The summed E-state index contributed by atoms with van der Waals surface area (Å²) in [7, 11) is 0. The minimum atomic E-state index is 0.922. The largest absolute Gasteiger partial charge is 0.455 e. The van der Waals surface area contributed by atoms with Crippen LogP contribution in [0.5, 0.6) is 0 Å². The molecule has 0 radical (unpaired) electrons. The SMILES string of the molecule is Cc1ccc2oc3c(-c4cccc(-c5ccc6c(c5)c5ccccc5c5nc(-c7ccccc7)c(-c7ccccc7)n65)c4)cc(C)cc3c2c1. The Hall–Kier alpha value is -6.45. The highest BCUT2D eigenvalue weighted by Gasteiger charge is 2.21. The Balaban J connectivity index is 1.21. The van der Waals surface area contributed by atoms with Gasteiger partial charge in [0, 0.05) is 38.2 Å². The zero-order chi connectivity index (χ0) is 33.3. The molecule has 0 spiro atoms. The van der Waals surface area contributed by atoms with Crippen molar-refractivity contribution in [1.29, 1.82) is 0 Å². The maximum Gasteiger partial charge on any atom is 0.146 e. The van der Waals surface area contributed by atoms with Crippen molar-refractivity contribution in [2.24, 2.45) is 0 Å². The molecule has 0 aliphatic rings. The first-order chi connectivity index (χ1) is 24.6. The summed E-state index contributed by atoms with van der Waals surface area (Å²) < 4.78 is 8.88. The van der Waals surface area contributed by atoms with E-state index in [-0.39, 0.29) is 0 Å². The second kappa shape index (κ2) is 11.0. The number of nitrogens with zero attached hydrogens (tertiary/aromatic N) is 2. The Morgan fingerprint density at radius 1 is 0.460 bits per heavy atom. The molecule has 3 aromatic heterocycles. The first kappa shape index (κ1) is 28.6. The van der Waals surface area contributed by atoms with Crippen molar-refractivity contribution < 1.29 is 4.42 Å². The molecule has 0 N–H and O–H groups in total. The van der Waals surface area contributed by atoms with Gasteiger partial charge in [0.05, 0.1) is 16.9 Å². The van der Waals surface area contributed by atoms with Gasteiger partial charge in [-0.3, -0.25) is 4.40 Å². The van der Waals surface area contributed by atoms with Crippen molar-refractivity contribution >= 4 is 49.3 Å². The molecule has 3 heterocycles. The first-order valence-corrected chi connectivity index (χ1v) is 17.1. The van der Waals surface area contributed by atoms with Gasteiger partial charge < -0.3 is 4.42 Å². The quantitative estimate of drug-likeness (QED) is 0.179. The van der Waals surface area contributed by atoms with E-state index in [1.807, 2.05) is 0 Å². The maximum absolute atomic E-state index is 6.51. The maximum atomic E-state index is 6.51. The van der Waals surface area contributed by atoms with Crippen LogP contribution in [0.25, 0.3) is 94.0 Å². The lowest BCUT2D eigenvalue weighted by atomic mass is 9.95. The Bertz CT molecular complexity index is 2930. The van der Waals surface area contributed by atoms with E-state index in [0.29, 0.717) is 0 Å². The number of hydrogen-bond acceptors (Lipinski definition) is 2. The van der Waals surface area contributed by atoms with Crippen molar-refractivity contribution in [3.63, 3.8) is 0 Å². The fourth-order valence-corrected chi connectivity index (χ4v) is 7.75. The van der Waals surface area contributed by atoms with Gasteiger partial charge in [-0.05, 0) is 84.0 Å². The molecule has 0 bridgehead atoms. The van der Waals surface area contributed by atoms with Crippen LogP contribution in [-0.2, 0) is 0 Å². The molecule has 0 aliphatic carbocycles. The summed E-state index contributed by atoms with van der Waals surface area (Å²) in [6, 6.07) is 56.5. The van der Waals surface area contributed by atoms with Crippen molar-refractivity contribution in [1.82, 2.24) is 9.38 Å². The molecular formula is C47H32N2O. The molecule has 7 aromatic carbocycles. The number of aromatic nitrogens is 2. The number of benzene rings is 7. The fraction of sp³-hybridized carbons (Fsp3) is 0.0426. The average Bonchev–Trinajstić information content (AvgIpc) is 3.75. The molecule has 0 atom stereocenters. The number of aryl methyl sites for hydroxylation is 2. The van der Waals surface area contributed by atoms with Gasteiger partial charge in [-0.15, -0.1) is 0 Å². The van der Waals surface area contributed by atoms with Gasteiger partial charge in [-0.1, -0.05) is 121 Å². The predicted molar refractivity (Wildman–Crippen MR) is 209 cm³/mol. The van der Waals surface area contributed by atoms with Gasteiger partial charge >= 0.3 is 0 Å². The third kappa shape index (κ3) is 4.40. The van der Waals surface area contributed by atoms with E-state index in [4.69, 9.17) is 9.40 Å². The summed E-state index contributed by atoms with van der Waals surface area (Å²) in [5, 5.41) is 5.84. The standard InChI is InChI=1S/C47H32N2O/c1-29-20-23-43-40(24-29)41-26-30(2)25-38(46(41)50-43)35-17-11-16-33(27-35)34-21-22-42-39(28-34)36-18-9-10-19-37(36)47-48-44(31-12-5-3-6-13-31)45(49(42)47)32-14-7-4-8-15-32/h3-28H,1-2H3. The fourth-order valence-electron chi connectivity index (χ4n) is 7.75. The van der Waals surface area contributed by atoms with E-state index in [0.717, 1.165) is 77.9 Å². The van der Waals surface area contributed by atoms with Crippen LogP contribution in [0.3, 0.4) is 0 Å². The third-order valence-corrected chi connectivity index (χ3v) is 10.0. The highest BCUT2D eigenvalue weighted by atomic mass is 16.3. The highest BCUT2D eigenvalue weighted by Crippen LogP contribution is 2.41. The van der Waals surface area contributed by atoms with Crippen LogP contribution in [-0.4, -0.2) is 9.38 Å². The topological polar surface area (TPSA) is 30.4 Å². The van der Waals surface area contributed by atoms with E-state index in [1.165, 1.54) is 27.3 Å². The van der Waals surface area contributed by atoms with Crippen molar-refractivity contribution in [3.05, 3.63) is 169 Å². The lowest BCUT2D eigenvalue weighted by Gasteiger charge is -2.14. The van der Waals surface area contributed by atoms with E-state index in [2.05, 4.69) is 176 Å². The highest BCUT2D eigenvalue weighted by molar-refractivity contribution is 6.14. The molecule has 0 unspecified atom stereocenters. The van der Waals surface area contributed by atoms with Crippen molar-refractivity contribution in [2.75, 3.05) is 0 Å². The van der Waals surface area contributed by atoms with E-state index in [9.17, 15) is 0 Å². The van der Waals surface area contributed by atoms with Crippen LogP contribution in [0.15, 0.2) is 162 Å². The van der Waals surface area contributed by atoms with E-state index < -0.39 is 0 Å². The number of furan rings is 1. The number of pyridine rings is 1. The van der Waals surface area contributed by atoms with Crippen LogP contribution >= 0.6 is 0 Å². The zero-order valence-corrected chi connectivity index (χ0v) is 27.8. The Morgan fingerprint density at radius 2 is 1.14 bits per heavy atom. The summed E-state index contributed by atoms with van der Waals surface area (Å²) in [4.78, 5) is 5.37. The molecule has 3 heteroatoms. The summed E-state index contributed by atoms with van der Waals surface area (Å²) in [6.45, 7) is 4.30. The van der Waals surface area contributed by atoms with Crippen LogP contribution in [0.2, 0.25) is 0 Å². The monoisotopic (exact) mass is 640 g/mol. The molecule has 10 aromatic rings. The van der Waals surface area contributed by atoms with Gasteiger partial charge in [0.1, 0.15) is 16.8 Å². The smallest absolute Gasteiger partial charge is 0.146 e. The molecular weight excluding hydrogens is 609 g/mol. The lowest BCUT2D eigenvalue weighted by molar-refractivity contribution is 0.670. The van der Waals surface area contributed by atoms with Gasteiger partial charge in [-0.25, -0.2) is 4.98 Å². The summed E-state index contributed by atoms with van der Waals surface area (Å²) >= 11 is 0. The van der Waals surface area contributed by atoms with Crippen molar-refractivity contribution in [3.8, 4) is 44.8 Å². The molecule has 3 nitrogen and oxygen atoms in total. The van der Waals surface area contributed by atoms with Crippen molar-refractivity contribution in [2.45, 2.75) is 13.8 Å². The van der Waals surface area contributed by atoms with Crippen LogP contribution in [0.4, 0.5) is 0 Å². The zero-order valence-electron chi connectivity index (χ0n) is 27.8. The number of rotatable bonds is 4. The van der Waals surface area contributed by atoms with Gasteiger partial charge in [-0.2, -0.15) is 0 Å². The molecule has 0 saturated heterocycles. The number of hydrogen-bond donors (Lipinski definition) is 0. The number of imidazole rings is 1. The van der Waals surface area contributed by atoms with Crippen LogP contribution < -0.4 is 0 Å². The predicted octanol–water partition coefficient (Wildman–Crippen LogP) is 12.8. The van der Waals surface area contributed by atoms with Crippen LogP contribution in [0.1, 0.15) is 11.1 Å².